The largest absolute Gasteiger partial charge is 0.370 e. The second-order valence-corrected chi connectivity index (χ2v) is 10.1. The number of hydrogen-bond acceptors (Lipinski definition) is 5. The number of piperidine rings is 1. The zero-order chi connectivity index (χ0) is 22.2. The first-order valence-corrected chi connectivity index (χ1v) is 12.1. The molecular weight excluding hydrogens is 410 g/mol. The molecule has 0 radical (unpaired) electrons. The van der Waals surface area contributed by atoms with E-state index in [0.717, 1.165) is 28.5 Å². The van der Waals surface area contributed by atoms with Crippen LogP contribution in [0.2, 0.25) is 0 Å². The second kappa shape index (κ2) is 8.30. The molecule has 1 aliphatic rings. The number of nitrogens with two attached hydrogens (primary N) is 1. The number of carbonyl (C=O) groups excluding carboxylic acids is 1. The Bertz CT molecular complexity index is 1230. The van der Waals surface area contributed by atoms with Crippen molar-refractivity contribution >= 4 is 32.3 Å². The van der Waals surface area contributed by atoms with Crippen molar-refractivity contribution in [2.75, 3.05) is 18.0 Å². The third-order valence-electron chi connectivity index (χ3n) is 6.11. The molecule has 1 saturated heterocycles. The summed E-state index contributed by atoms with van der Waals surface area (Å²) in [6.45, 7) is 5.15. The molecule has 1 aromatic heterocycles. The molecule has 0 bridgehead atoms. The number of benzene rings is 2. The third-order valence-corrected chi connectivity index (χ3v) is 7.88. The van der Waals surface area contributed by atoms with Gasteiger partial charge in [-0.2, -0.15) is 0 Å². The average Bonchev–Trinajstić information content (AvgIpc) is 2.78. The molecule has 7 heteroatoms. The highest BCUT2D eigenvalue weighted by molar-refractivity contribution is 7.91. The number of fused-ring (bicyclic) bond motifs is 1. The normalized spacial score (nSPS) is 15.4. The van der Waals surface area contributed by atoms with Crippen LogP contribution in [0.25, 0.3) is 10.9 Å². The summed E-state index contributed by atoms with van der Waals surface area (Å²) in [5.74, 6) is -0.466. The Hall–Kier alpha value is -2.93. The van der Waals surface area contributed by atoms with E-state index in [2.05, 4.69) is 9.88 Å². The van der Waals surface area contributed by atoms with E-state index in [1.54, 1.807) is 12.1 Å². The van der Waals surface area contributed by atoms with Gasteiger partial charge in [0, 0.05) is 30.6 Å². The van der Waals surface area contributed by atoms with Crippen molar-refractivity contribution in [3.05, 3.63) is 59.8 Å². The highest BCUT2D eigenvalue weighted by atomic mass is 32.2. The molecule has 1 aliphatic heterocycles. The molecule has 0 saturated carbocycles. The lowest BCUT2D eigenvalue weighted by molar-refractivity contribution is -0.122. The number of sulfone groups is 1. The maximum absolute atomic E-state index is 13.7. The zero-order valence-corrected chi connectivity index (χ0v) is 18.7. The Morgan fingerprint density at radius 1 is 1.13 bits per heavy atom. The summed E-state index contributed by atoms with van der Waals surface area (Å²) >= 11 is 0. The van der Waals surface area contributed by atoms with Crippen LogP contribution in [0.5, 0.6) is 0 Å². The number of nitrogens with zero attached hydrogens (tertiary/aromatic N) is 2. The van der Waals surface area contributed by atoms with Crippen LogP contribution in [0.4, 0.5) is 5.69 Å². The van der Waals surface area contributed by atoms with Crippen molar-refractivity contribution in [2.45, 2.75) is 42.9 Å². The number of primary amides is 1. The Kier molecular flexibility index (Phi) is 5.71. The summed E-state index contributed by atoms with van der Waals surface area (Å²) in [7, 11) is -3.77. The molecule has 0 unspecified atom stereocenters. The van der Waals surface area contributed by atoms with Crippen molar-refractivity contribution in [1.29, 1.82) is 0 Å². The van der Waals surface area contributed by atoms with Crippen LogP contribution in [-0.2, 0) is 21.1 Å². The highest BCUT2D eigenvalue weighted by Gasteiger charge is 2.30. The topological polar surface area (TPSA) is 93.4 Å². The van der Waals surface area contributed by atoms with Gasteiger partial charge in [0.1, 0.15) is 4.90 Å². The maximum atomic E-state index is 13.7. The monoisotopic (exact) mass is 437 g/mol. The predicted molar refractivity (Wildman–Crippen MR) is 122 cm³/mol. The lowest BCUT2D eigenvalue weighted by Gasteiger charge is -2.34. The van der Waals surface area contributed by atoms with Gasteiger partial charge in [0.05, 0.1) is 16.1 Å². The summed E-state index contributed by atoms with van der Waals surface area (Å²) in [6, 6.07) is 12.9. The summed E-state index contributed by atoms with van der Waals surface area (Å²) in [6.07, 6.45) is 3.53. The molecule has 2 N–H and O–H groups in total. The van der Waals surface area contributed by atoms with Gasteiger partial charge < -0.3 is 10.6 Å². The van der Waals surface area contributed by atoms with Crippen LogP contribution in [0, 0.1) is 12.8 Å². The van der Waals surface area contributed by atoms with Gasteiger partial charge in [0.15, 0.2) is 0 Å². The Morgan fingerprint density at radius 3 is 2.42 bits per heavy atom. The van der Waals surface area contributed by atoms with Crippen molar-refractivity contribution in [3.63, 3.8) is 0 Å². The van der Waals surface area contributed by atoms with Crippen LogP contribution < -0.4 is 10.6 Å². The lowest BCUT2D eigenvalue weighted by atomic mass is 9.95. The minimum Gasteiger partial charge on any atom is -0.370 e. The van der Waals surface area contributed by atoms with E-state index < -0.39 is 9.84 Å². The number of aryl methyl sites for hydroxylation is 2. The Morgan fingerprint density at radius 2 is 1.81 bits per heavy atom. The number of anilines is 1. The molecule has 6 nitrogen and oxygen atoms in total. The molecular formula is C24H27N3O3S. The van der Waals surface area contributed by atoms with Gasteiger partial charge in [0.25, 0.3) is 0 Å². The smallest absolute Gasteiger partial charge is 0.220 e. The van der Waals surface area contributed by atoms with Gasteiger partial charge in [-0.1, -0.05) is 30.7 Å². The number of carbonyl (C=O) groups is 1. The molecule has 0 atom stereocenters. The number of hydrogen-bond donors (Lipinski definition) is 1. The Labute approximate surface area is 183 Å². The predicted octanol–water partition coefficient (Wildman–Crippen LogP) is 3.64. The number of amides is 1. The van der Waals surface area contributed by atoms with E-state index in [1.165, 1.54) is 6.20 Å². The van der Waals surface area contributed by atoms with E-state index in [9.17, 15) is 13.2 Å². The molecule has 4 rings (SSSR count). The molecule has 1 fully saturated rings. The summed E-state index contributed by atoms with van der Waals surface area (Å²) in [5.41, 5.74) is 9.02. The van der Waals surface area contributed by atoms with Crippen LogP contribution in [0.1, 0.15) is 30.9 Å². The molecule has 31 heavy (non-hydrogen) atoms. The molecule has 2 aromatic carbocycles. The molecule has 162 valence electrons. The number of aromatic nitrogens is 1. The molecule has 2 heterocycles. The fourth-order valence-electron chi connectivity index (χ4n) is 4.22. The van der Waals surface area contributed by atoms with E-state index in [0.29, 0.717) is 31.6 Å². The molecule has 0 spiro atoms. The summed E-state index contributed by atoms with van der Waals surface area (Å²) in [5, 5.41) is 0.809. The van der Waals surface area contributed by atoms with Crippen molar-refractivity contribution in [3.8, 4) is 0 Å². The van der Waals surface area contributed by atoms with Crippen molar-refractivity contribution in [1.82, 2.24) is 4.98 Å². The maximum Gasteiger partial charge on any atom is 0.220 e. The minimum absolute atomic E-state index is 0.173. The average molecular weight is 438 g/mol. The van der Waals surface area contributed by atoms with Crippen LogP contribution in [-0.4, -0.2) is 32.4 Å². The SMILES string of the molecule is CCc1ccc(S(=O)(=O)c2cnc3ccc(C)cc3c2N2CCC(C(N)=O)CC2)cc1. The van der Waals surface area contributed by atoms with Crippen LogP contribution >= 0.6 is 0 Å². The summed E-state index contributed by atoms with van der Waals surface area (Å²) in [4.78, 5) is 18.6. The highest BCUT2D eigenvalue weighted by Crippen LogP contribution is 2.38. The van der Waals surface area contributed by atoms with Gasteiger partial charge >= 0.3 is 0 Å². The van der Waals surface area contributed by atoms with E-state index in [-0.39, 0.29) is 21.6 Å². The first-order valence-electron chi connectivity index (χ1n) is 10.6. The minimum atomic E-state index is -3.77. The molecule has 3 aromatic rings. The molecule has 0 aliphatic carbocycles. The van der Waals surface area contributed by atoms with Crippen molar-refractivity contribution < 1.29 is 13.2 Å². The second-order valence-electron chi connectivity index (χ2n) is 8.16. The standard InChI is InChI=1S/C24H27N3O3S/c1-3-17-5-7-19(8-6-17)31(29,30)22-15-26-21-9-4-16(2)14-20(21)23(22)27-12-10-18(11-13-27)24(25)28/h4-9,14-15,18H,3,10-13H2,1-2H3,(H2,25,28). The summed E-state index contributed by atoms with van der Waals surface area (Å²) < 4.78 is 27.3. The Balaban J connectivity index is 1.87. The van der Waals surface area contributed by atoms with E-state index in [1.807, 2.05) is 44.2 Å². The van der Waals surface area contributed by atoms with E-state index in [4.69, 9.17) is 5.73 Å². The fraction of sp³-hybridized carbons (Fsp3) is 0.333. The van der Waals surface area contributed by atoms with Crippen LogP contribution in [0.3, 0.4) is 0 Å². The zero-order valence-electron chi connectivity index (χ0n) is 17.8. The van der Waals surface area contributed by atoms with Gasteiger partial charge in [-0.15, -0.1) is 0 Å². The fourth-order valence-corrected chi connectivity index (χ4v) is 5.65. The first kappa shape index (κ1) is 21.3. The quantitative estimate of drug-likeness (QED) is 0.658. The van der Waals surface area contributed by atoms with Gasteiger partial charge in [-0.3, -0.25) is 9.78 Å². The number of pyridine rings is 1. The van der Waals surface area contributed by atoms with Gasteiger partial charge in [-0.05, 0) is 56.0 Å². The molecule has 1 amide bonds. The van der Waals surface area contributed by atoms with Crippen LogP contribution in [0.15, 0.2) is 58.5 Å². The van der Waals surface area contributed by atoms with Gasteiger partial charge in [0.2, 0.25) is 15.7 Å². The van der Waals surface area contributed by atoms with Gasteiger partial charge in [-0.25, -0.2) is 8.42 Å². The lowest BCUT2D eigenvalue weighted by Crippen LogP contribution is -2.39. The third kappa shape index (κ3) is 4.02. The number of rotatable bonds is 5. The van der Waals surface area contributed by atoms with E-state index >= 15 is 0 Å². The first-order chi connectivity index (χ1) is 14.8. The van der Waals surface area contributed by atoms with Crippen molar-refractivity contribution in [2.24, 2.45) is 11.7 Å².